The van der Waals surface area contributed by atoms with E-state index in [1.54, 1.807) is 0 Å². The summed E-state index contributed by atoms with van der Waals surface area (Å²) in [7, 11) is 0. The van der Waals surface area contributed by atoms with Crippen LogP contribution < -0.4 is 10.6 Å². The van der Waals surface area contributed by atoms with Crippen LogP contribution in [0, 0.1) is 32.1 Å². The maximum Gasteiger partial charge on any atom is 0.412 e. The summed E-state index contributed by atoms with van der Waals surface area (Å²) in [5.74, 6) is 4.88. The molecule has 0 saturated heterocycles. The molecule has 0 unspecified atom stereocenters. The van der Waals surface area contributed by atoms with Gasteiger partial charge in [-0.3, -0.25) is 30.9 Å². The largest absolute Gasteiger partial charge is 0.436 e. The van der Waals surface area contributed by atoms with Gasteiger partial charge in [-0.15, -0.1) is 0 Å². The van der Waals surface area contributed by atoms with E-state index in [1.165, 1.54) is 48.5 Å². The second-order valence-corrected chi connectivity index (χ2v) is 5.37. The fraction of sp³-hybridized carbons (Fsp3) is 0.111. The Morgan fingerprint density at radius 2 is 1.20 bits per heavy atom. The third-order valence-corrected chi connectivity index (χ3v) is 3.28. The third kappa shape index (κ3) is 7.16. The molecule has 0 spiro atoms. The fourth-order valence-electron chi connectivity index (χ4n) is 2.01. The van der Waals surface area contributed by atoms with Gasteiger partial charge in [0.1, 0.15) is 0 Å². The number of anilines is 2. The molecule has 0 aromatic heterocycles. The molecule has 0 heterocycles. The summed E-state index contributed by atoms with van der Waals surface area (Å²) in [6.45, 7) is -0.618. The Morgan fingerprint density at radius 1 is 0.800 bits per heavy atom. The highest BCUT2D eigenvalue weighted by atomic mass is 16.6. The number of amides is 2. The Bertz CT molecular complexity index is 949. The Morgan fingerprint density at radius 3 is 1.57 bits per heavy atom. The second kappa shape index (κ2) is 10.6. The van der Waals surface area contributed by atoms with E-state index in [-0.39, 0.29) is 36.0 Å². The molecule has 2 aromatic rings. The number of ether oxygens (including phenoxy) is 2. The summed E-state index contributed by atoms with van der Waals surface area (Å²) in [6.07, 6.45) is -1.73. The zero-order valence-corrected chi connectivity index (χ0v) is 15.2. The summed E-state index contributed by atoms with van der Waals surface area (Å²) in [5, 5.41) is 26.0. The summed E-state index contributed by atoms with van der Waals surface area (Å²) in [6, 6.07) is 10.6. The monoisotopic (exact) mass is 414 g/mol. The van der Waals surface area contributed by atoms with Gasteiger partial charge in [0.25, 0.3) is 11.4 Å². The Balaban J connectivity index is 1.70. The number of carbonyl (C=O) groups is 2. The Hall–Kier alpha value is -4.66. The van der Waals surface area contributed by atoms with Crippen molar-refractivity contribution in [1.82, 2.24) is 0 Å². The highest BCUT2D eigenvalue weighted by Gasteiger charge is 2.09. The van der Waals surface area contributed by atoms with E-state index < -0.39 is 22.0 Å². The number of nitro groups is 2. The van der Waals surface area contributed by atoms with E-state index in [0.29, 0.717) is 0 Å². The van der Waals surface area contributed by atoms with Crippen LogP contribution in [0.3, 0.4) is 0 Å². The van der Waals surface area contributed by atoms with E-state index in [1.807, 2.05) is 0 Å². The smallest absolute Gasteiger partial charge is 0.412 e. The first kappa shape index (κ1) is 21.6. The predicted octanol–water partition coefficient (Wildman–Crippen LogP) is 3.30. The van der Waals surface area contributed by atoms with Crippen molar-refractivity contribution in [2.24, 2.45) is 0 Å². The lowest BCUT2D eigenvalue weighted by molar-refractivity contribution is -0.385. The maximum absolute atomic E-state index is 11.6. The number of carbonyl (C=O) groups excluding carboxylic acids is 2. The van der Waals surface area contributed by atoms with E-state index in [2.05, 4.69) is 22.5 Å². The number of benzene rings is 2. The molecule has 2 aromatic carbocycles. The van der Waals surface area contributed by atoms with Crippen LogP contribution in [0.15, 0.2) is 48.5 Å². The normalized spacial score (nSPS) is 9.47. The summed E-state index contributed by atoms with van der Waals surface area (Å²) >= 11 is 0. The summed E-state index contributed by atoms with van der Waals surface area (Å²) < 4.78 is 9.54. The van der Waals surface area contributed by atoms with Gasteiger partial charge >= 0.3 is 12.2 Å². The highest BCUT2D eigenvalue weighted by molar-refractivity contribution is 5.85. The molecule has 0 aliphatic heterocycles. The average Bonchev–Trinajstić information content (AvgIpc) is 2.71. The molecule has 154 valence electrons. The van der Waals surface area contributed by atoms with Gasteiger partial charge in [-0.2, -0.15) is 0 Å². The molecule has 0 aliphatic carbocycles. The summed E-state index contributed by atoms with van der Waals surface area (Å²) in [5.41, 5.74) is -0.00660. The lowest BCUT2D eigenvalue weighted by atomic mass is 10.3. The van der Waals surface area contributed by atoms with E-state index in [4.69, 9.17) is 9.47 Å². The number of non-ortho nitro benzene ring substituents is 2. The van der Waals surface area contributed by atoms with Crippen LogP contribution in [0.25, 0.3) is 0 Å². The van der Waals surface area contributed by atoms with Crippen LogP contribution in [0.5, 0.6) is 0 Å². The second-order valence-electron chi connectivity index (χ2n) is 5.37. The van der Waals surface area contributed by atoms with Gasteiger partial charge in [0.2, 0.25) is 0 Å². The van der Waals surface area contributed by atoms with E-state index >= 15 is 0 Å². The SMILES string of the molecule is O=C(Nc1cccc([N+](=O)[O-])c1)OCC#CCOC(=O)Nc1cccc([N+](=O)[O-])c1. The molecule has 30 heavy (non-hydrogen) atoms. The molecule has 0 fully saturated rings. The maximum atomic E-state index is 11.6. The average molecular weight is 414 g/mol. The van der Waals surface area contributed by atoms with Gasteiger partial charge in [0, 0.05) is 24.3 Å². The van der Waals surface area contributed by atoms with Crippen molar-refractivity contribution in [2.45, 2.75) is 0 Å². The molecule has 12 heteroatoms. The quantitative estimate of drug-likeness (QED) is 0.413. The number of hydrogen-bond donors (Lipinski definition) is 2. The van der Waals surface area contributed by atoms with Crippen LogP contribution in [0.4, 0.5) is 32.3 Å². The Labute approximate surface area is 169 Å². The van der Waals surface area contributed by atoms with Crippen molar-refractivity contribution in [3.8, 4) is 11.8 Å². The Kier molecular flexibility index (Phi) is 7.66. The third-order valence-electron chi connectivity index (χ3n) is 3.28. The predicted molar refractivity (Wildman–Crippen MR) is 104 cm³/mol. The van der Waals surface area contributed by atoms with Crippen molar-refractivity contribution >= 4 is 34.9 Å². The molecule has 2 amide bonds. The van der Waals surface area contributed by atoms with Gasteiger partial charge in [-0.1, -0.05) is 24.0 Å². The minimum Gasteiger partial charge on any atom is -0.436 e. The lowest BCUT2D eigenvalue weighted by Gasteiger charge is -2.04. The first-order valence-electron chi connectivity index (χ1n) is 8.17. The minimum absolute atomic E-state index is 0.184. The number of nitro benzene ring substituents is 2. The van der Waals surface area contributed by atoms with Crippen molar-refractivity contribution in [2.75, 3.05) is 23.8 Å². The van der Waals surface area contributed by atoms with Crippen molar-refractivity contribution < 1.29 is 28.9 Å². The standard InChI is InChI=1S/C18H14N4O8/c23-17(19-13-5-3-7-15(11-13)21(25)26)29-9-1-2-10-30-18(24)20-14-6-4-8-16(12-14)22(27)28/h3-8,11-12H,9-10H2,(H,19,23)(H,20,24). The molecule has 0 radical (unpaired) electrons. The van der Waals surface area contributed by atoms with E-state index in [0.717, 1.165) is 0 Å². The molecular formula is C18H14N4O8. The van der Waals surface area contributed by atoms with E-state index in [9.17, 15) is 29.8 Å². The fourth-order valence-corrected chi connectivity index (χ4v) is 2.01. The van der Waals surface area contributed by atoms with Crippen LogP contribution in [-0.4, -0.2) is 35.2 Å². The zero-order valence-electron chi connectivity index (χ0n) is 15.2. The lowest BCUT2D eigenvalue weighted by Crippen LogP contribution is -2.14. The van der Waals surface area contributed by atoms with Crippen molar-refractivity contribution in [1.29, 1.82) is 0 Å². The molecule has 0 bridgehead atoms. The molecule has 0 saturated carbocycles. The molecule has 0 aliphatic rings. The van der Waals surface area contributed by atoms with Gasteiger partial charge in [0.05, 0.1) is 21.2 Å². The number of nitrogens with zero attached hydrogens (tertiary/aromatic N) is 2. The van der Waals surface area contributed by atoms with Crippen molar-refractivity contribution in [3.05, 3.63) is 68.8 Å². The van der Waals surface area contributed by atoms with Gasteiger partial charge in [-0.05, 0) is 12.1 Å². The van der Waals surface area contributed by atoms with Gasteiger partial charge in [-0.25, -0.2) is 9.59 Å². The molecule has 12 nitrogen and oxygen atoms in total. The molecule has 2 rings (SSSR count). The van der Waals surface area contributed by atoms with Crippen LogP contribution >= 0.6 is 0 Å². The van der Waals surface area contributed by atoms with Crippen LogP contribution in [-0.2, 0) is 9.47 Å². The number of nitrogens with one attached hydrogen (secondary N) is 2. The van der Waals surface area contributed by atoms with Gasteiger partial charge < -0.3 is 9.47 Å². The summed E-state index contributed by atoms with van der Waals surface area (Å²) in [4.78, 5) is 43.4. The van der Waals surface area contributed by atoms with Gasteiger partial charge in [0.15, 0.2) is 13.2 Å². The highest BCUT2D eigenvalue weighted by Crippen LogP contribution is 2.18. The number of rotatable bonds is 6. The topological polar surface area (TPSA) is 163 Å². The minimum atomic E-state index is -0.867. The van der Waals surface area contributed by atoms with Crippen molar-refractivity contribution in [3.63, 3.8) is 0 Å². The number of hydrogen-bond acceptors (Lipinski definition) is 8. The first-order valence-corrected chi connectivity index (χ1v) is 8.17. The molecule has 2 N–H and O–H groups in total. The zero-order chi connectivity index (χ0) is 21.9. The molecular weight excluding hydrogens is 400 g/mol. The van der Waals surface area contributed by atoms with Crippen LogP contribution in [0.1, 0.15) is 0 Å². The molecule has 0 atom stereocenters. The van der Waals surface area contributed by atoms with Crippen LogP contribution in [0.2, 0.25) is 0 Å². The first-order chi connectivity index (χ1) is 14.3.